The van der Waals surface area contributed by atoms with Crippen LogP contribution in [-0.2, 0) is 4.79 Å². The third-order valence-electron chi connectivity index (χ3n) is 4.24. The van der Waals surface area contributed by atoms with Gasteiger partial charge in [-0.05, 0) is 38.0 Å². The van der Waals surface area contributed by atoms with Crippen molar-refractivity contribution in [3.05, 3.63) is 47.8 Å². The van der Waals surface area contributed by atoms with Crippen molar-refractivity contribution in [3.63, 3.8) is 0 Å². The SMILES string of the molecule is Cc1cc(C(=O)N2CCC(C(N)=O)CC2)n(-c2ccccc2)n1. The van der Waals surface area contributed by atoms with Crippen molar-refractivity contribution in [1.29, 1.82) is 0 Å². The summed E-state index contributed by atoms with van der Waals surface area (Å²) in [6, 6.07) is 11.4. The van der Waals surface area contributed by atoms with Crippen LogP contribution in [0.5, 0.6) is 0 Å². The lowest BCUT2D eigenvalue weighted by Crippen LogP contribution is -2.42. The lowest BCUT2D eigenvalue weighted by Gasteiger charge is -2.30. The summed E-state index contributed by atoms with van der Waals surface area (Å²) in [4.78, 5) is 25.9. The van der Waals surface area contributed by atoms with Gasteiger partial charge in [0.2, 0.25) is 5.91 Å². The van der Waals surface area contributed by atoms with Crippen LogP contribution in [0.25, 0.3) is 5.69 Å². The van der Waals surface area contributed by atoms with E-state index in [9.17, 15) is 9.59 Å². The number of amides is 2. The summed E-state index contributed by atoms with van der Waals surface area (Å²) in [5, 5.41) is 4.44. The minimum Gasteiger partial charge on any atom is -0.369 e. The Bertz CT molecular complexity index is 715. The number of carbonyl (C=O) groups excluding carboxylic acids is 2. The zero-order valence-corrected chi connectivity index (χ0v) is 13.1. The molecule has 2 N–H and O–H groups in total. The number of piperidine rings is 1. The second-order valence-corrected chi connectivity index (χ2v) is 5.89. The summed E-state index contributed by atoms with van der Waals surface area (Å²) in [7, 11) is 0. The van der Waals surface area contributed by atoms with Gasteiger partial charge in [0.05, 0.1) is 11.4 Å². The highest BCUT2D eigenvalue weighted by molar-refractivity contribution is 5.93. The summed E-state index contributed by atoms with van der Waals surface area (Å²) < 4.78 is 1.68. The molecule has 2 aromatic rings. The molecule has 0 saturated carbocycles. The normalized spacial score (nSPS) is 15.6. The van der Waals surface area contributed by atoms with E-state index in [1.807, 2.05) is 37.3 Å². The van der Waals surface area contributed by atoms with E-state index in [-0.39, 0.29) is 17.7 Å². The number of aryl methyl sites for hydroxylation is 1. The number of aromatic nitrogens is 2. The first-order valence-electron chi connectivity index (χ1n) is 7.77. The maximum atomic E-state index is 12.8. The summed E-state index contributed by atoms with van der Waals surface area (Å²) >= 11 is 0. The summed E-state index contributed by atoms with van der Waals surface area (Å²) in [5.41, 5.74) is 7.55. The van der Waals surface area contributed by atoms with Gasteiger partial charge in [-0.2, -0.15) is 5.10 Å². The molecule has 0 bridgehead atoms. The van der Waals surface area contributed by atoms with E-state index >= 15 is 0 Å². The standard InChI is InChI=1S/C17H20N4O2/c1-12-11-15(21(19-12)14-5-3-2-4-6-14)17(23)20-9-7-13(8-10-20)16(18)22/h2-6,11,13H,7-10H2,1H3,(H2,18,22). The first kappa shape index (κ1) is 15.3. The van der Waals surface area contributed by atoms with Crippen molar-refractivity contribution >= 4 is 11.8 Å². The first-order chi connectivity index (χ1) is 11.1. The van der Waals surface area contributed by atoms with Gasteiger partial charge in [-0.3, -0.25) is 9.59 Å². The fraction of sp³-hybridized carbons (Fsp3) is 0.353. The molecule has 120 valence electrons. The van der Waals surface area contributed by atoms with Crippen molar-refractivity contribution in [2.24, 2.45) is 11.7 Å². The van der Waals surface area contributed by atoms with Gasteiger partial charge in [0.1, 0.15) is 5.69 Å². The van der Waals surface area contributed by atoms with E-state index in [2.05, 4.69) is 5.10 Å². The van der Waals surface area contributed by atoms with E-state index in [0.717, 1.165) is 11.4 Å². The largest absolute Gasteiger partial charge is 0.369 e. The monoisotopic (exact) mass is 312 g/mol. The molecule has 1 aromatic heterocycles. The highest BCUT2D eigenvalue weighted by Gasteiger charge is 2.28. The van der Waals surface area contributed by atoms with Crippen molar-refractivity contribution in [1.82, 2.24) is 14.7 Å². The Hall–Kier alpha value is -2.63. The molecule has 0 radical (unpaired) electrons. The molecular formula is C17H20N4O2. The molecule has 2 amide bonds. The highest BCUT2D eigenvalue weighted by Crippen LogP contribution is 2.20. The minimum absolute atomic E-state index is 0.0580. The Labute approximate surface area is 134 Å². The molecule has 1 saturated heterocycles. The van der Waals surface area contributed by atoms with Gasteiger partial charge >= 0.3 is 0 Å². The second kappa shape index (κ2) is 6.24. The molecule has 6 heteroatoms. The molecule has 23 heavy (non-hydrogen) atoms. The fourth-order valence-electron chi connectivity index (χ4n) is 2.95. The Balaban J connectivity index is 1.83. The molecule has 6 nitrogen and oxygen atoms in total. The lowest BCUT2D eigenvalue weighted by atomic mass is 9.96. The van der Waals surface area contributed by atoms with Crippen LogP contribution in [0.2, 0.25) is 0 Å². The number of hydrogen-bond donors (Lipinski definition) is 1. The molecule has 0 unspecified atom stereocenters. The van der Waals surface area contributed by atoms with E-state index in [0.29, 0.717) is 31.6 Å². The maximum absolute atomic E-state index is 12.8. The third-order valence-corrected chi connectivity index (χ3v) is 4.24. The molecule has 2 heterocycles. The Morgan fingerprint density at radius 3 is 2.43 bits per heavy atom. The molecule has 0 spiro atoms. The lowest BCUT2D eigenvalue weighted by molar-refractivity contribution is -0.123. The van der Waals surface area contributed by atoms with E-state index in [1.54, 1.807) is 15.6 Å². The van der Waals surface area contributed by atoms with Crippen molar-refractivity contribution < 1.29 is 9.59 Å². The summed E-state index contributed by atoms with van der Waals surface area (Å²) in [6.45, 7) is 2.96. The smallest absolute Gasteiger partial charge is 0.272 e. The zero-order valence-electron chi connectivity index (χ0n) is 13.1. The number of primary amides is 1. The summed E-state index contributed by atoms with van der Waals surface area (Å²) in [5.74, 6) is -0.459. The number of rotatable bonds is 3. The third kappa shape index (κ3) is 3.11. The van der Waals surface area contributed by atoms with Gasteiger partial charge in [-0.25, -0.2) is 4.68 Å². The van der Waals surface area contributed by atoms with Crippen LogP contribution < -0.4 is 5.73 Å². The van der Waals surface area contributed by atoms with Gasteiger partial charge in [-0.15, -0.1) is 0 Å². The van der Waals surface area contributed by atoms with Gasteiger partial charge in [0, 0.05) is 19.0 Å². The first-order valence-corrected chi connectivity index (χ1v) is 7.77. The van der Waals surface area contributed by atoms with Crippen LogP contribution in [0.1, 0.15) is 29.0 Å². The average Bonchev–Trinajstić information content (AvgIpc) is 2.97. The zero-order chi connectivity index (χ0) is 16.4. The highest BCUT2D eigenvalue weighted by atomic mass is 16.2. The topological polar surface area (TPSA) is 81.2 Å². The van der Waals surface area contributed by atoms with Gasteiger partial charge < -0.3 is 10.6 Å². The molecule has 0 aliphatic carbocycles. The quantitative estimate of drug-likeness (QED) is 0.933. The van der Waals surface area contributed by atoms with Crippen LogP contribution in [0.4, 0.5) is 0 Å². The van der Waals surface area contributed by atoms with Crippen LogP contribution in [0.3, 0.4) is 0 Å². The van der Waals surface area contributed by atoms with Crippen LogP contribution in [0, 0.1) is 12.8 Å². The number of nitrogens with zero attached hydrogens (tertiary/aromatic N) is 3. The number of carbonyl (C=O) groups is 2. The fourth-order valence-corrected chi connectivity index (χ4v) is 2.95. The van der Waals surface area contributed by atoms with E-state index in [4.69, 9.17) is 5.73 Å². The molecule has 1 aliphatic heterocycles. The predicted octanol–water partition coefficient (Wildman–Crippen LogP) is 1.52. The van der Waals surface area contributed by atoms with Crippen molar-refractivity contribution in [2.75, 3.05) is 13.1 Å². The van der Waals surface area contributed by atoms with Crippen molar-refractivity contribution in [2.45, 2.75) is 19.8 Å². The van der Waals surface area contributed by atoms with Gasteiger partial charge in [0.15, 0.2) is 0 Å². The number of benzene rings is 1. The molecule has 0 atom stereocenters. The van der Waals surface area contributed by atoms with E-state index < -0.39 is 0 Å². The number of likely N-dealkylation sites (tertiary alicyclic amines) is 1. The molecular weight excluding hydrogens is 292 g/mol. The van der Waals surface area contributed by atoms with E-state index in [1.165, 1.54) is 0 Å². The minimum atomic E-state index is -0.276. The summed E-state index contributed by atoms with van der Waals surface area (Å²) in [6.07, 6.45) is 1.25. The van der Waals surface area contributed by atoms with Crippen LogP contribution >= 0.6 is 0 Å². The van der Waals surface area contributed by atoms with Crippen LogP contribution in [0.15, 0.2) is 36.4 Å². The predicted molar refractivity (Wildman–Crippen MR) is 86.1 cm³/mol. The average molecular weight is 312 g/mol. The number of para-hydroxylation sites is 1. The molecule has 1 aromatic carbocycles. The Morgan fingerprint density at radius 1 is 1.17 bits per heavy atom. The van der Waals surface area contributed by atoms with Gasteiger partial charge in [-0.1, -0.05) is 18.2 Å². The Morgan fingerprint density at radius 2 is 1.83 bits per heavy atom. The number of nitrogens with two attached hydrogens (primary N) is 1. The van der Waals surface area contributed by atoms with Crippen molar-refractivity contribution in [3.8, 4) is 5.69 Å². The van der Waals surface area contributed by atoms with Crippen LogP contribution in [-0.4, -0.2) is 39.6 Å². The molecule has 1 fully saturated rings. The Kier molecular flexibility index (Phi) is 4.14. The molecule has 1 aliphatic rings. The second-order valence-electron chi connectivity index (χ2n) is 5.89. The molecule has 3 rings (SSSR count). The van der Waals surface area contributed by atoms with Gasteiger partial charge in [0.25, 0.3) is 5.91 Å². The maximum Gasteiger partial charge on any atom is 0.272 e. The number of hydrogen-bond acceptors (Lipinski definition) is 3.